The van der Waals surface area contributed by atoms with Crippen LogP contribution in [0, 0.1) is 0 Å². The van der Waals surface area contributed by atoms with Gasteiger partial charge in [0.25, 0.3) is 11.5 Å². The van der Waals surface area contributed by atoms with Crippen molar-refractivity contribution in [3.63, 3.8) is 0 Å². The Kier molecular flexibility index (Phi) is 6.62. The largest absolute Gasteiger partial charge is 0.314 e. The monoisotopic (exact) mass is 414 g/mol. The van der Waals surface area contributed by atoms with Crippen LogP contribution in [0.25, 0.3) is 0 Å². The normalized spacial score (nSPS) is 10.5. The Morgan fingerprint density at radius 2 is 1.93 bits per heavy atom. The molecule has 0 unspecified atom stereocenters. The molecule has 1 aromatic carbocycles. The molecule has 0 saturated carbocycles. The molecule has 0 aliphatic rings. The van der Waals surface area contributed by atoms with Crippen molar-refractivity contribution in [2.45, 2.75) is 24.3 Å². The molecule has 3 aromatic rings. The molecule has 2 heterocycles. The van der Waals surface area contributed by atoms with Crippen molar-refractivity contribution in [3.05, 3.63) is 68.6 Å². The fourth-order valence-corrected chi connectivity index (χ4v) is 3.69. The van der Waals surface area contributed by atoms with Crippen molar-refractivity contribution in [3.8, 4) is 0 Å². The van der Waals surface area contributed by atoms with Gasteiger partial charge in [-0.1, -0.05) is 55.1 Å². The van der Waals surface area contributed by atoms with E-state index in [-0.39, 0.29) is 23.8 Å². The minimum atomic E-state index is -0.526. The molecule has 0 bridgehead atoms. The lowest BCUT2D eigenvalue weighted by Crippen LogP contribution is -2.24. The highest BCUT2D eigenvalue weighted by atomic mass is 32.2. The minimum Gasteiger partial charge on any atom is -0.314 e. The van der Waals surface area contributed by atoms with Crippen molar-refractivity contribution in [2.24, 2.45) is 0 Å². The number of H-pyrrole nitrogens is 1. The molecule has 9 heteroatoms. The number of aromatic nitrogens is 2. The summed E-state index contributed by atoms with van der Waals surface area (Å²) < 4.78 is 0. The van der Waals surface area contributed by atoms with Crippen LogP contribution >= 0.6 is 23.1 Å². The van der Waals surface area contributed by atoms with E-state index in [1.165, 1.54) is 23.1 Å². The molecule has 7 nitrogen and oxygen atoms in total. The first-order chi connectivity index (χ1) is 13.6. The van der Waals surface area contributed by atoms with Crippen LogP contribution in [0.4, 0.5) is 11.5 Å². The van der Waals surface area contributed by atoms with E-state index in [1.54, 1.807) is 24.4 Å². The first kappa shape index (κ1) is 19.8. The third-order valence-electron chi connectivity index (χ3n) is 3.68. The third kappa shape index (κ3) is 5.08. The standard InChI is InChI=1S/C19H18N4O3S2/c1-2-14(24)20-16-15(21-17(25)13-9-6-10-27-13)18(26)23-19(22-16)28-11-12-7-4-3-5-8-12/h3-10H,2,11H2,1H3,(H,21,25)(H2,20,22,23,24,26). The van der Waals surface area contributed by atoms with E-state index in [2.05, 4.69) is 20.6 Å². The lowest BCUT2D eigenvalue weighted by Gasteiger charge is -2.11. The van der Waals surface area contributed by atoms with Crippen LogP contribution < -0.4 is 16.2 Å². The molecule has 0 atom stereocenters. The van der Waals surface area contributed by atoms with Gasteiger partial charge in [0.05, 0.1) is 4.88 Å². The molecular weight excluding hydrogens is 396 g/mol. The number of amides is 2. The zero-order valence-corrected chi connectivity index (χ0v) is 16.7. The fourth-order valence-electron chi connectivity index (χ4n) is 2.26. The zero-order valence-electron chi connectivity index (χ0n) is 15.0. The van der Waals surface area contributed by atoms with Crippen LogP contribution in [0.1, 0.15) is 28.6 Å². The predicted octanol–water partition coefficient (Wildman–Crippen LogP) is 3.72. The Bertz CT molecular complexity index is 1020. The predicted molar refractivity (Wildman–Crippen MR) is 112 cm³/mol. The second-order valence-electron chi connectivity index (χ2n) is 5.70. The molecule has 0 saturated heterocycles. The van der Waals surface area contributed by atoms with Crippen molar-refractivity contribution >= 4 is 46.4 Å². The summed E-state index contributed by atoms with van der Waals surface area (Å²) in [6.45, 7) is 1.69. The van der Waals surface area contributed by atoms with Crippen molar-refractivity contribution in [2.75, 3.05) is 10.6 Å². The number of carbonyl (C=O) groups is 2. The summed E-state index contributed by atoms with van der Waals surface area (Å²) >= 11 is 2.59. The molecule has 0 aliphatic heterocycles. The molecule has 0 aliphatic carbocycles. The number of anilines is 2. The molecule has 0 fully saturated rings. The highest BCUT2D eigenvalue weighted by Gasteiger charge is 2.18. The number of carbonyl (C=O) groups excluding carboxylic acids is 2. The van der Waals surface area contributed by atoms with E-state index < -0.39 is 11.5 Å². The molecule has 28 heavy (non-hydrogen) atoms. The number of nitrogens with zero attached hydrogens (tertiary/aromatic N) is 1. The van der Waals surface area contributed by atoms with E-state index in [0.29, 0.717) is 15.8 Å². The van der Waals surface area contributed by atoms with Gasteiger partial charge in [0, 0.05) is 12.2 Å². The highest BCUT2D eigenvalue weighted by Crippen LogP contribution is 2.23. The van der Waals surface area contributed by atoms with Gasteiger partial charge in [-0.05, 0) is 17.0 Å². The number of rotatable bonds is 7. The number of thioether (sulfide) groups is 1. The van der Waals surface area contributed by atoms with Crippen LogP contribution in [0.2, 0.25) is 0 Å². The van der Waals surface area contributed by atoms with Crippen molar-refractivity contribution < 1.29 is 9.59 Å². The quantitative estimate of drug-likeness (QED) is 0.404. The molecule has 0 spiro atoms. The lowest BCUT2D eigenvalue weighted by atomic mass is 10.2. The minimum absolute atomic E-state index is 0.0380. The summed E-state index contributed by atoms with van der Waals surface area (Å²) in [5.41, 5.74) is 0.468. The zero-order chi connectivity index (χ0) is 19.9. The number of benzene rings is 1. The van der Waals surface area contributed by atoms with E-state index in [1.807, 2.05) is 30.3 Å². The van der Waals surface area contributed by atoms with Gasteiger partial charge in [-0.3, -0.25) is 19.4 Å². The molecule has 144 valence electrons. The third-order valence-corrected chi connectivity index (χ3v) is 5.49. The summed E-state index contributed by atoms with van der Waals surface area (Å²) in [6, 6.07) is 13.1. The lowest BCUT2D eigenvalue weighted by molar-refractivity contribution is -0.115. The maximum atomic E-state index is 12.6. The number of hydrogen-bond acceptors (Lipinski definition) is 6. The van der Waals surface area contributed by atoms with Crippen LogP contribution in [0.3, 0.4) is 0 Å². The molecule has 0 radical (unpaired) electrons. The summed E-state index contributed by atoms with van der Waals surface area (Å²) in [4.78, 5) is 44.2. The SMILES string of the molecule is CCC(=O)Nc1nc(SCc2ccccc2)[nH]c(=O)c1NC(=O)c1cccs1. The van der Waals surface area contributed by atoms with Gasteiger partial charge in [-0.25, -0.2) is 4.98 Å². The maximum Gasteiger partial charge on any atom is 0.277 e. The molecule has 3 rings (SSSR count). The molecule has 3 N–H and O–H groups in total. The molecule has 2 aromatic heterocycles. The van der Waals surface area contributed by atoms with Crippen molar-refractivity contribution in [1.82, 2.24) is 9.97 Å². The Labute approximate surface area is 169 Å². The first-order valence-electron chi connectivity index (χ1n) is 8.52. The van der Waals surface area contributed by atoms with Gasteiger partial charge in [0.15, 0.2) is 16.7 Å². The van der Waals surface area contributed by atoms with Crippen molar-refractivity contribution in [1.29, 1.82) is 0 Å². The summed E-state index contributed by atoms with van der Waals surface area (Å²) in [5, 5.41) is 7.27. The Morgan fingerprint density at radius 1 is 1.14 bits per heavy atom. The Hall–Kier alpha value is -2.91. The number of aromatic amines is 1. The summed E-state index contributed by atoms with van der Waals surface area (Å²) in [6.07, 6.45) is 0.222. The van der Waals surface area contributed by atoms with Crippen LogP contribution in [-0.2, 0) is 10.5 Å². The van der Waals surface area contributed by atoms with Gasteiger partial charge >= 0.3 is 0 Å². The van der Waals surface area contributed by atoms with Crippen LogP contribution in [0.5, 0.6) is 0 Å². The van der Waals surface area contributed by atoms with E-state index in [0.717, 1.165) is 5.56 Å². The number of nitrogens with one attached hydrogen (secondary N) is 3. The number of thiophene rings is 1. The molecular formula is C19H18N4O3S2. The van der Waals surface area contributed by atoms with E-state index in [4.69, 9.17) is 0 Å². The second kappa shape index (κ2) is 9.34. The average molecular weight is 415 g/mol. The Balaban J connectivity index is 1.86. The molecule has 2 amide bonds. The van der Waals surface area contributed by atoms with Gasteiger partial charge in [0.2, 0.25) is 5.91 Å². The number of hydrogen-bond donors (Lipinski definition) is 3. The van der Waals surface area contributed by atoms with Gasteiger partial charge in [0.1, 0.15) is 0 Å². The van der Waals surface area contributed by atoms with Gasteiger partial charge < -0.3 is 10.6 Å². The second-order valence-corrected chi connectivity index (χ2v) is 7.61. The topological polar surface area (TPSA) is 104 Å². The fraction of sp³-hybridized carbons (Fsp3) is 0.158. The average Bonchev–Trinajstić information content (AvgIpc) is 3.24. The first-order valence-corrected chi connectivity index (χ1v) is 10.4. The summed E-state index contributed by atoms with van der Waals surface area (Å²) in [7, 11) is 0. The summed E-state index contributed by atoms with van der Waals surface area (Å²) in [5.74, 6) is -0.0925. The maximum absolute atomic E-state index is 12.6. The van der Waals surface area contributed by atoms with Crippen LogP contribution in [0.15, 0.2) is 57.8 Å². The van der Waals surface area contributed by atoms with Crippen LogP contribution in [-0.4, -0.2) is 21.8 Å². The van der Waals surface area contributed by atoms with Gasteiger partial charge in [-0.2, -0.15) is 0 Å². The van der Waals surface area contributed by atoms with Gasteiger partial charge in [-0.15, -0.1) is 11.3 Å². The smallest absolute Gasteiger partial charge is 0.277 e. The Morgan fingerprint density at radius 3 is 2.61 bits per heavy atom. The van der Waals surface area contributed by atoms with E-state index >= 15 is 0 Å². The highest BCUT2D eigenvalue weighted by molar-refractivity contribution is 7.98. The van der Waals surface area contributed by atoms with E-state index in [9.17, 15) is 14.4 Å².